The zero-order chi connectivity index (χ0) is 20.9. The van der Waals surface area contributed by atoms with Crippen LogP contribution in [0.15, 0.2) is 35.2 Å². The van der Waals surface area contributed by atoms with Gasteiger partial charge in [0.15, 0.2) is 0 Å². The van der Waals surface area contributed by atoms with Gasteiger partial charge in [0.2, 0.25) is 15.9 Å². The smallest absolute Gasteiger partial charge is 0.321 e. The van der Waals surface area contributed by atoms with Crippen LogP contribution in [0.4, 0.5) is 0 Å². The molecule has 2 aliphatic rings. The lowest BCUT2D eigenvalue weighted by Gasteiger charge is -2.44. The highest BCUT2D eigenvalue weighted by molar-refractivity contribution is 7.89. The summed E-state index contributed by atoms with van der Waals surface area (Å²) >= 11 is 0. The number of benzene rings is 1. The number of piperidine rings is 2. The van der Waals surface area contributed by atoms with Crippen molar-refractivity contribution in [3.63, 3.8) is 0 Å². The Hall–Kier alpha value is -1.97. The van der Waals surface area contributed by atoms with Gasteiger partial charge in [-0.3, -0.25) is 9.59 Å². The summed E-state index contributed by atoms with van der Waals surface area (Å²) in [5.74, 6) is -1.40. The molecular weight excluding hydrogens is 394 g/mol. The summed E-state index contributed by atoms with van der Waals surface area (Å²) in [6.45, 7) is 3.42. The second-order valence-corrected chi connectivity index (χ2v) is 9.71. The molecule has 1 spiro atoms. The number of nitrogens with one attached hydrogen (secondary N) is 2. The Morgan fingerprint density at radius 3 is 2.31 bits per heavy atom. The molecule has 9 heteroatoms. The summed E-state index contributed by atoms with van der Waals surface area (Å²) < 4.78 is 27.0. The molecule has 0 saturated carbocycles. The fourth-order valence-corrected chi connectivity index (χ4v) is 5.45. The molecule has 0 radical (unpaired) electrons. The second-order valence-electron chi connectivity index (χ2n) is 7.99. The van der Waals surface area contributed by atoms with Crippen LogP contribution in [0, 0.1) is 5.41 Å². The molecule has 2 saturated heterocycles. The van der Waals surface area contributed by atoms with Gasteiger partial charge in [0, 0.05) is 19.5 Å². The number of carboxylic acids is 1. The number of likely N-dealkylation sites (tertiary alicyclic amines) is 1. The molecule has 2 aliphatic heterocycles. The van der Waals surface area contributed by atoms with Crippen molar-refractivity contribution in [3.05, 3.63) is 30.3 Å². The minimum Gasteiger partial charge on any atom is -0.480 e. The first-order valence-electron chi connectivity index (χ1n) is 10.1. The van der Waals surface area contributed by atoms with Gasteiger partial charge in [-0.2, -0.15) is 4.72 Å². The standard InChI is InChI=1S/C20H29N3O5S/c24-18(23-14-10-20(11-15-23)8-12-21-13-9-20)7-6-17(19(25)26)22-29(27,28)16-4-2-1-3-5-16/h1-5,17,21-22H,6-15H2,(H,25,26). The quantitative estimate of drug-likeness (QED) is 0.607. The van der Waals surface area contributed by atoms with Gasteiger partial charge in [0.1, 0.15) is 6.04 Å². The number of hydrogen-bond donors (Lipinski definition) is 3. The van der Waals surface area contributed by atoms with E-state index in [-0.39, 0.29) is 23.6 Å². The number of aliphatic carboxylic acids is 1. The topological polar surface area (TPSA) is 116 Å². The lowest BCUT2D eigenvalue weighted by Crippen LogP contribution is -2.47. The zero-order valence-electron chi connectivity index (χ0n) is 16.5. The number of nitrogens with zero attached hydrogens (tertiary/aromatic N) is 1. The van der Waals surface area contributed by atoms with Gasteiger partial charge >= 0.3 is 5.97 Å². The van der Waals surface area contributed by atoms with Crippen LogP contribution in [0.5, 0.6) is 0 Å². The molecule has 8 nitrogen and oxygen atoms in total. The minimum absolute atomic E-state index is 0.000812. The summed E-state index contributed by atoms with van der Waals surface area (Å²) in [5.41, 5.74) is 0.330. The van der Waals surface area contributed by atoms with Gasteiger partial charge in [0.25, 0.3) is 0 Å². The van der Waals surface area contributed by atoms with Crippen LogP contribution in [-0.4, -0.2) is 62.5 Å². The van der Waals surface area contributed by atoms with Crippen LogP contribution in [-0.2, 0) is 19.6 Å². The maximum Gasteiger partial charge on any atom is 0.321 e. The molecule has 1 amide bonds. The van der Waals surface area contributed by atoms with E-state index in [2.05, 4.69) is 10.0 Å². The minimum atomic E-state index is -3.96. The van der Waals surface area contributed by atoms with Crippen molar-refractivity contribution in [2.45, 2.75) is 49.5 Å². The van der Waals surface area contributed by atoms with Crippen molar-refractivity contribution < 1.29 is 23.1 Å². The molecule has 2 heterocycles. The summed E-state index contributed by atoms with van der Waals surface area (Å²) in [5, 5.41) is 12.8. The van der Waals surface area contributed by atoms with Gasteiger partial charge in [-0.1, -0.05) is 18.2 Å². The first-order valence-corrected chi connectivity index (χ1v) is 11.6. The Balaban J connectivity index is 1.53. The van der Waals surface area contributed by atoms with Gasteiger partial charge in [-0.05, 0) is 62.7 Å². The lowest BCUT2D eigenvalue weighted by atomic mass is 9.71. The fraction of sp³-hybridized carbons (Fsp3) is 0.600. The van der Waals surface area contributed by atoms with Crippen molar-refractivity contribution >= 4 is 21.9 Å². The van der Waals surface area contributed by atoms with Gasteiger partial charge in [-0.25, -0.2) is 8.42 Å². The summed E-state index contributed by atoms with van der Waals surface area (Å²) in [6.07, 6.45) is 4.15. The third-order valence-corrected chi connectivity index (χ3v) is 7.62. The first kappa shape index (κ1) is 21.7. The lowest BCUT2D eigenvalue weighted by molar-refractivity contribution is -0.139. The summed E-state index contributed by atoms with van der Waals surface area (Å²) in [7, 11) is -3.96. The molecule has 3 rings (SSSR count). The number of amides is 1. The van der Waals surface area contributed by atoms with E-state index in [9.17, 15) is 23.1 Å². The zero-order valence-corrected chi connectivity index (χ0v) is 17.3. The van der Waals surface area contributed by atoms with Crippen LogP contribution >= 0.6 is 0 Å². The highest BCUT2D eigenvalue weighted by Crippen LogP contribution is 2.39. The molecule has 1 aromatic carbocycles. The van der Waals surface area contributed by atoms with E-state index in [0.717, 1.165) is 38.8 Å². The van der Waals surface area contributed by atoms with Crippen molar-refractivity contribution in [2.24, 2.45) is 5.41 Å². The van der Waals surface area contributed by atoms with Crippen molar-refractivity contribution in [2.75, 3.05) is 26.2 Å². The highest BCUT2D eigenvalue weighted by Gasteiger charge is 2.37. The predicted molar refractivity (Wildman–Crippen MR) is 108 cm³/mol. The maximum absolute atomic E-state index is 12.6. The average molecular weight is 424 g/mol. The molecule has 0 aromatic heterocycles. The van der Waals surface area contributed by atoms with Crippen molar-refractivity contribution in [1.82, 2.24) is 14.9 Å². The number of sulfonamides is 1. The molecule has 1 unspecified atom stereocenters. The molecule has 0 bridgehead atoms. The largest absolute Gasteiger partial charge is 0.480 e. The Bertz CT molecular complexity index is 812. The molecule has 160 valence electrons. The van der Waals surface area contributed by atoms with E-state index in [0.29, 0.717) is 18.5 Å². The molecule has 1 aromatic rings. The molecular formula is C20H29N3O5S. The van der Waals surface area contributed by atoms with Crippen LogP contribution in [0.2, 0.25) is 0 Å². The Labute approximate surface area is 171 Å². The van der Waals surface area contributed by atoms with Crippen LogP contribution in [0.3, 0.4) is 0 Å². The normalized spacial score (nSPS) is 20.3. The Kier molecular flexibility index (Phi) is 6.92. The van der Waals surface area contributed by atoms with Crippen LogP contribution < -0.4 is 10.0 Å². The molecule has 2 fully saturated rings. The Morgan fingerprint density at radius 2 is 1.72 bits per heavy atom. The monoisotopic (exact) mass is 423 g/mol. The maximum atomic E-state index is 12.6. The third kappa shape index (κ3) is 5.55. The number of rotatable bonds is 7. The summed E-state index contributed by atoms with van der Waals surface area (Å²) in [6, 6.07) is 6.27. The van der Waals surface area contributed by atoms with E-state index in [1.165, 1.54) is 12.1 Å². The van der Waals surface area contributed by atoms with E-state index in [4.69, 9.17) is 0 Å². The number of carbonyl (C=O) groups excluding carboxylic acids is 1. The number of carbonyl (C=O) groups is 2. The number of carboxylic acid groups (broad SMARTS) is 1. The third-order valence-electron chi connectivity index (χ3n) is 6.14. The summed E-state index contributed by atoms with van der Waals surface area (Å²) in [4.78, 5) is 25.9. The number of hydrogen-bond acceptors (Lipinski definition) is 5. The van der Waals surface area contributed by atoms with Crippen molar-refractivity contribution in [1.29, 1.82) is 0 Å². The molecule has 0 aliphatic carbocycles. The van der Waals surface area contributed by atoms with Gasteiger partial charge in [0.05, 0.1) is 4.90 Å². The average Bonchev–Trinajstić information content (AvgIpc) is 2.72. The second kappa shape index (κ2) is 9.23. The van der Waals surface area contributed by atoms with E-state index >= 15 is 0 Å². The Morgan fingerprint density at radius 1 is 1.10 bits per heavy atom. The molecule has 29 heavy (non-hydrogen) atoms. The van der Waals surface area contributed by atoms with E-state index < -0.39 is 22.0 Å². The van der Waals surface area contributed by atoms with Crippen LogP contribution in [0.25, 0.3) is 0 Å². The molecule has 1 atom stereocenters. The van der Waals surface area contributed by atoms with Gasteiger partial charge in [-0.15, -0.1) is 0 Å². The molecule has 3 N–H and O–H groups in total. The van der Waals surface area contributed by atoms with E-state index in [1.54, 1.807) is 23.1 Å². The van der Waals surface area contributed by atoms with Crippen molar-refractivity contribution in [3.8, 4) is 0 Å². The van der Waals surface area contributed by atoms with Gasteiger partial charge < -0.3 is 15.3 Å². The first-order chi connectivity index (χ1) is 13.8. The fourth-order valence-electron chi connectivity index (χ4n) is 4.20. The van der Waals surface area contributed by atoms with E-state index in [1.807, 2.05) is 0 Å². The highest BCUT2D eigenvalue weighted by atomic mass is 32.2. The SMILES string of the molecule is O=C(O)C(CCC(=O)N1CCC2(CCNCC2)CC1)NS(=O)(=O)c1ccccc1. The predicted octanol–water partition coefficient (Wildman–Crippen LogP) is 1.19. The van der Waals surface area contributed by atoms with Crippen LogP contribution in [0.1, 0.15) is 38.5 Å².